The van der Waals surface area contributed by atoms with Crippen molar-refractivity contribution in [3.8, 4) is 5.69 Å². The van der Waals surface area contributed by atoms with E-state index in [1.165, 1.54) is 12.1 Å². The standard InChI is InChI=1S/C16H16F3N3O2/c17-16(18,19)14-13(21-15(23)11-5-4-8-24-10-11)9-20-22(14)12-6-2-1-3-7-12/h1-3,6-7,9,11H,4-5,8,10H2,(H,21,23)/t11-/m0/s1. The van der Waals surface area contributed by atoms with Crippen LogP contribution in [0.1, 0.15) is 18.5 Å². The number of halogens is 3. The van der Waals surface area contributed by atoms with Gasteiger partial charge in [0.25, 0.3) is 0 Å². The summed E-state index contributed by atoms with van der Waals surface area (Å²) in [5, 5.41) is 6.16. The van der Waals surface area contributed by atoms with E-state index in [9.17, 15) is 18.0 Å². The van der Waals surface area contributed by atoms with Crippen molar-refractivity contribution < 1.29 is 22.7 Å². The van der Waals surface area contributed by atoms with Gasteiger partial charge in [0.1, 0.15) is 0 Å². The normalized spacial score (nSPS) is 18.4. The van der Waals surface area contributed by atoms with Gasteiger partial charge in [0.2, 0.25) is 5.91 Å². The van der Waals surface area contributed by atoms with Crippen molar-refractivity contribution in [3.05, 3.63) is 42.2 Å². The largest absolute Gasteiger partial charge is 0.435 e. The van der Waals surface area contributed by atoms with Crippen molar-refractivity contribution in [2.45, 2.75) is 19.0 Å². The molecule has 1 atom stereocenters. The number of carbonyl (C=O) groups excluding carboxylic acids is 1. The monoisotopic (exact) mass is 339 g/mol. The summed E-state index contributed by atoms with van der Waals surface area (Å²) >= 11 is 0. The Morgan fingerprint density at radius 1 is 1.29 bits per heavy atom. The number of hydrogen-bond donors (Lipinski definition) is 1. The fourth-order valence-corrected chi connectivity index (χ4v) is 2.66. The number of rotatable bonds is 3. The molecule has 1 aliphatic heterocycles. The minimum absolute atomic E-state index is 0.222. The predicted molar refractivity (Wildman–Crippen MR) is 80.7 cm³/mol. The molecule has 1 fully saturated rings. The zero-order chi connectivity index (χ0) is 17.2. The first-order valence-corrected chi connectivity index (χ1v) is 7.56. The maximum atomic E-state index is 13.5. The van der Waals surface area contributed by atoms with Gasteiger partial charge in [-0.05, 0) is 25.0 Å². The second-order valence-electron chi connectivity index (χ2n) is 5.56. The summed E-state index contributed by atoms with van der Waals surface area (Å²) in [6.07, 6.45) is -2.32. The molecule has 1 aromatic heterocycles. The van der Waals surface area contributed by atoms with Gasteiger partial charge in [-0.25, -0.2) is 4.68 Å². The molecule has 24 heavy (non-hydrogen) atoms. The second kappa shape index (κ2) is 6.64. The number of ether oxygens (including phenoxy) is 1. The van der Waals surface area contributed by atoms with Crippen LogP contribution in [0.5, 0.6) is 0 Å². The summed E-state index contributed by atoms with van der Waals surface area (Å²) in [6.45, 7) is 0.795. The van der Waals surface area contributed by atoms with E-state index >= 15 is 0 Å². The number of nitrogens with one attached hydrogen (secondary N) is 1. The molecule has 3 rings (SSSR count). The SMILES string of the molecule is O=C(Nc1cnn(-c2ccccc2)c1C(F)(F)F)[C@H]1CCCOC1. The van der Waals surface area contributed by atoms with Crippen LogP contribution in [0.25, 0.3) is 5.69 Å². The molecule has 5 nitrogen and oxygen atoms in total. The van der Waals surface area contributed by atoms with Gasteiger partial charge in [0, 0.05) is 6.61 Å². The highest BCUT2D eigenvalue weighted by atomic mass is 19.4. The molecule has 1 amide bonds. The molecule has 0 bridgehead atoms. The number of benzene rings is 1. The molecule has 2 heterocycles. The van der Waals surface area contributed by atoms with E-state index in [2.05, 4.69) is 10.4 Å². The lowest BCUT2D eigenvalue weighted by Crippen LogP contribution is -2.30. The average molecular weight is 339 g/mol. The Hall–Kier alpha value is -2.35. The molecule has 1 aromatic carbocycles. The van der Waals surface area contributed by atoms with E-state index < -0.39 is 23.7 Å². The molecule has 0 spiro atoms. The first kappa shape index (κ1) is 16.5. The summed E-state index contributed by atoms with van der Waals surface area (Å²) in [5.74, 6) is -0.923. The quantitative estimate of drug-likeness (QED) is 0.934. The number of anilines is 1. The lowest BCUT2D eigenvalue weighted by molar-refractivity contribution is -0.142. The minimum Gasteiger partial charge on any atom is -0.381 e. The maximum Gasteiger partial charge on any atom is 0.435 e. The third-order valence-corrected chi connectivity index (χ3v) is 3.83. The zero-order valence-electron chi connectivity index (χ0n) is 12.7. The van der Waals surface area contributed by atoms with Crippen LogP contribution >= 0.6 is 0 Å². The Balaban J connectivity index is 1.91. The van der Waals surface area contributed by atoms with Crippen molar-refractivity contribution in [3.63, 3.8) is 0 Å². The predicted octanol–water partition coefficient (Wildman–Crippen LogP) is 3.26. The Morgan fingerprint density at radius 2 is 2.04 bits per heavy atom. The highest BCUT2D eigenvalue weighted by molar-refractivity contribution is 5.93. The van der Waals surface area contributed by atoms with Gasteiger partial charge in [-0.2, -0.15) is 18.3 Å². The highest BCUT2D eigenvalue weighted by Gasteiger charge is 2.39. The third-order valence-electron chi connectivity index (χ3n) is 3.83. The van der Waals surface area contributed by atoms with E-state index in [0.717, 1.165) is 10.9 Å². The van der Waals surface area contributed by atoms with E-state index in [1.54, 1.807) is 18.2 Å². The van der Waals surface area contributed by atoms with Crippen molar-refractivity contribution in [1.82, 2.24) is 9.78 Å². The molecule has 8 heteroatoms. The van der Waals surface area contributed by atoms with Crippen molar-refractivity contribution in [2.24, 2.45) is 5.92 Å². The lowest BCUT2D eigenvalue weighted by Gasteiger charge is -2.21. The molecule has 128 valence electrons. The molecule has 0 unspecified atom stereocenters. The zero-order valence-corrected chi connectivity index (χ0v) is 12.7. The van der Waals surface area contributed by atoms with Crippen molar-refractivity contribution >= 4 is 11.6 Å². The molecule has 2 aromatic rings. The van der Waals surface area contributed by atoms with Gasteiger partial charge >= 0.3 is 6.18 Å². The second-order valence-corrected chi connectivity index (χ2v) is 5.56. The first-order valence-electron chi connectivity index (χ1n) is 7.56. The summed E-state index contributed by atoms with van der Waals surface area (Å²) in [5.41, 5.74) is -1.08. The van der Waals surface area contributed by atoms with Crippen LogP contribution in [0.4, 0.5) is 18.9 Å². The molecule has 0 radical (unpaired) electrons. The van der Waals surface area contributed by atoms with Gasteiger partial charge in [-0.15, -0.1) is 0 Å². The van der Waals surface area contributed by atoms with Crippen LogP contribution in [0.15, 0.2) is 36.5 Å². The van der Waals surface area contributed by atoms with E-state index in [-0.39, 0.29) is 18.0 Å². The molecule has 1 aliphatic rings. The van der Waals surface area contributed by atoms with Gasteiger partial charge < -0.3 is 10.1 Å². The van der Waals surface area contributed by atoms with Gasteiger partial charge in [-0.1, -0.05) is 18.2 Å². The number of carbonyl (C=O) groups is 1. The first-order chi connectivity index (χ1) is 11.5. The summed E-state index contributed by atoms with van der Waals surface area (Å²) < 4.78 is 46.4. The molecule has 1 N–H and O–H groups in total. The number of nitrogens with zero attached hydrogens (tertiary/aromatic N) is 2. The number of amides is 1. The van der Waals surface area contributed by atoms with Crippen LogP contribution < -0.4 is 5.32 Å². The smallest absolute Gasteiger partial charge is 0.381 e. The van der Waals surface area contributed by atoms with Crippen LogP contribution in [-0.2, 0) is 15.7 Å². The summed E-state index contributed by atoms with van der Waals surface area (Å²) in [4.78, 5) is 12.2. The summed E-state index contributed by atoms with van der Waals surface area (Å²) in [7, 11) is 0. The van der Waals surface area contributed by atoms with E-state index in [1.807, 2.05) is 0 Å². The summed E-state index contributed by atoms with van der Waals surface area (Å²) in [6, 6.07) is 7.97. The minimum atomic E-state index is -4.65. The topological polar surface area (TPSA) is 56.2 Å². The lowest BCUT2D eigenvalue weighted by atomic mass is 10.0. The number of para-hydroxylation sites is 1. The van der Waals surface area contributed by atoms with Crippen LogP contribution in [0.2, 0.25) is 0 Å². The number of aromatic nitrogens is 2. The number of alkyl halides is 3. The third kappa shape index (κ3) is 3.43. The molecule has 0 aliphatic carbocycles. The van der Waals surface area contributed by atoms with Gasteiger partial charge in [0.15, 0.2) is 5.69 Å². The van der Waals surface area contributed by atoms with Crippen molar-refractivity contribution in [1.29, 1.82) is 0 Å². The highest BCUT2D eigenvalue weighted by Crippen LogP contribution is 2.36. The fourth-order valence-electron chi connectivity index (χ4n) is 2.66. The molecule has 1 saturated heterocycles. The van der Waals surface area contributed by atoms with Crippen LogP contribution in [0.3, 0.4) is 0 Å². The van der Waals surface area contributed by atoms with Crippen LogP contribution in [-0.4, -0.2) is 28.9 Å². The molecular weight excluding hydrogens is 323 g/mol. The van der Waals surface area contributed by atoms with Crippen molar-refractivity contribution in [2.75, 3.05) is 18.5 Å². The maximum absolute atomic E-state index is 13.5. The van der Waals surface area contributed by atoms with Crippen LogP contribution in [0, 0.1) is 5.92 Å². The molecular formula is C16H16F3N3O2. The Morgan fingerprint density at radius 3 is 2.67 bits per heavy atom. The Bertz CT molecular complexity index is 707. The average Bonchev–Trinajstić information content (AvgIpc) is 3.00. The van der Waals surface area contributed by atoms with E-state index in [0.29, 0.717) is 19.4 Å². The Kier molecular flexibility index (Phi) is 4.57. The Labute approximate surface area is 136 Å². The molecule has 0 saturated carbocycles. The van der Waals surface area contributed by atoms with Gasteiger partial charge in [-0.3, -0.25) is 4.79 Å². The van der Waals surface area contributed by atoms with Gasteiger partial charge in [0.05, 0.1) is 30.1 Å². The van der Waals surface area contributed by atoms with E-state index in [4.69, 9.17) is 4.74 Å². The fraction of sp³-hybridized carbons (Fsp3) is 0.375. The number of hydrogen-bond acceptors (Lipinski definition) is 3.